The summed E-state index contributed by atoms with van der Waals surface area (Å²) in [6.07, 6.45) is 1.40. The maximum absolute atomic E-state index is 11.8. The Balaban J connectivity index is 2.06. The molecule has 0 aromatic carbocycles. The maximum Gasteiger partial charge on any atom is 0.336 e. The van der Waals surface area contributed by atoms with Crippen molar-refractivity contribution in [3.63, 3.8) is 0 Å². The van der Waals surface area contributed by atoms with Crippen LogP contribution in [0.1, 0.15) is 10.4 Å². The number of H-pyrrole nitrogens is 1. The third kappa shape index (κ3) is 2.54. The number of anilines is 1. The smallest absolute Gasteiger partial charge is 0.336 e. The zero-order chi connectivity index (χ0) is 13.0. The molecule has 0 bridgehead atoms. The number of aromatic amines is 1. The SMILES string of the molecule is COc1ccc(C(=O)Nc2nc(OC)n[nH]2)cn1. The summed E-state index contributed by atoms with van der Waals surface area (Å²) in [6, 6.07) is 3.34. The van der Waals surface area contributed by atoms with Gasteiger partial charge in [0.2, 0.25) is 11.8 Å². The summed E-state index contributed by atoms with van der Waals surface area (Å²) in [6.45, 7) is 0. The highest BCUT2D eigenvalue weighted by atomic mass is 16.5. The molecule has 2 N–H and O–H groups in total. The number of pyridine rings is 1. The Labute approximate surface area is 102 Å². The second-order valence-electron chi connectivity index (χ2n) is 3.21. The molecule has 94 valence electrons. The molecule has 0 saturated carbocycles. The van der Waals surface area contributed by atoms with Crippen LogP contribution in [0.2, 0.25) is 0 Å². The van der Waals surface area contributed by atoms with Gasteiger partial charge in [-0.2, -0.15) is 4.98 Å². The van der Waals surface area contributed by atoms with Gasteiger partial charge in [0.15, 0.2) is 0 Å². The second kappa shape index (κ2) is 5.13. The maximum atomic E-state index is 11.8. The van der Waals surface area contributed by atoms with Gasteiger partial charge in [-0.3, -0.25) is 10.1 Å². The van der Waals surface area contributed by atoms with E-state index in [4.69, 9.17) is 9.47 Å². The van der Waals surface area contributed by atoms with Crippen LogP contribution in [-0.2, 0) is 0 Å². The zero-order valence-corrected chi connectivity index (χ0v) is 9.80. The first-order chi connectivity index (χ1) is 8.72. The number of hydrogen-bond acceptors (Lipinski definition) is 6. The molecule has 0 radical (unpaired) electrons. The quantitative estimate of drug-likeness (QED) is 0.816. The van der Waals surface area contributed by atoms with E-state index in [0.717, 1.165) is 0 Å². The lowest BCUT2D eigenvalue weighted by molar-refractivity contribution is 0.102. The number of aromatic nitrogens is 4. The van der Waals surface area contributed by atoms with Gasteiger partial charge < -0.3 is 9.47 Å². The fraction of sp³-hybridized carbons (Fsp3) is 0.200. The van der Waals surface area contributed by atoms with Crippen LogP contribution in [0, 0.1) is 0 Å². The lowest BCUT2D eigenvalue weighted by atomic mass is 10.3. The highest BCUT2D eigenvalue weighted by Gasteiger charge is 2.10. The first-order valence-electron chi connectivity index (χ1n) is 5.00. The van der Waals surface area contributed by atoms with Crippen molar-refractivity contribution < 1.29 is 14.3 Å². The number of rotatable bonds is 4. The Morgan fingerprint density at radius 1 is 1.33 bits per heavy atom. The van der Waals surface area contributed by atoms with Crippen molar-refractivity contribution >= 4 is 11.9 Å². The van der Waals surface area contributed by atoms with Gasteiger partial charge in [0.25, 0.3) is 5.91 Å². The highest BCUT2D eigenvalue weighted by molar-refractivity contribution is 6.03. The number of nitrogens with one attached hydrogen (secondary N) is 2. The van der Waals surface area contributed by atoms with Gasteiger partial charge >= 0.3 is 6.01 Å². The van der Waals surface area contributed by atoms with Crippen LogP contribution in [0.25, 0.3) is 0 Å². The number of methoxy groups -OCH3 is 2. The molecule has 0 fully saturated rings. The Kier molecular flexibility index (Phi) is 3.37. The zero-order valence-electron chi connectivity index (χ0n) is 9.80. The van der Waals surface area contributed by atoms with Crippen molar-refractivity contribution in [2.75, 3.05) is 19.5 Å². The molecule has 0 spiro atoms. The summed E-state index contributed by atoms with van der Waals surface area (Å²) < 4.78 is 9.68. The topological polar surface area (TPSA) is 102 Å². The van der Waals surface area contributed by atoms with Gasteiger partial charge in [0.1, 0.15) is 0 Å². The number of nitrogens with zero attached hydrogens (tertiary/aromatic N) is 3. The van der Waals surface area contributed by atoms with Crippen LogP contribution in [-0.4, -0.2) is 40.3 Å². The molecule has 0 aliphatic carbocycles. The lowest BCUT2D eigenvalue weighted by Crippen LogP contribution is -2.13. The fourth-order valence-corrected chi connectivity index (χ4v) is 1.21. The van der Waals surface area contributed by atoms with Crippen LogP contribution in [0.15, 0.2) is 18.3 Å². The Hall–Kier alpha value is -2.64. The number of carbonyl (C=O) groups is 1. The lowest BCUT2D eigenvalue weighted by Gasteiger charge is -2.02. The summed E-state index contributed by atoms with van der Waals surface area (Å²) in [5.41, 5.74) is 0.381. The fourth-order valence-electron chi connectivity index (χ4n) is 1.21. The van der Waals surface area contributed by atoms with Gasteiger partial charge in [-0.15, -0.1) is 5.10 Å². The third-order valence-electron chi connectivity index (χ3n) is 2.09. The number of hydrogen-bond donors (Lipinski definition) is 2. The van der Waals surface area contributed by atoms with E-state index in [1.54, 1.807) is 12.1 Å². The molecule has 2 heterocycles. The molecule has 2 aromatic heterocycles. The molecule has 1 amide bonds. The van der Waals surface area contributed by atoms with Crippen molar-refractivity contribution in [2.45, 2.75) is 0 Å². The Bertz CT molecular complexity index is 537. The molecule has 2 rings (SSSR count). The predicted molar refractivity (Wildman–Crippen MR) is 61.7 cm³/mol. The van der Waals surface area contributed by atoms with E-state index in [9.17, 15) is 4.79 Å². The molecule has 0 saturated heterocycles. The summed E-state index contributed by atoms with van der Waals surface area (Å²) in [5, 5.41) is 8.74. The average molecular weight is 249 g/mol. The first-order valence-corrected chi connectivity index (χ1v) is 5.00. The van der Waals surface area contributed by atoms with Crippen molar-refractivity contribution in [1.29, 1.82) is 0 Å². The molecule has 8 heteroatoms. The van der Waals surface area contributed by atoms with Gasteiger partial charge in [-0.25, -0.2) is 10.1 Å². The Morgan fingerprint density at radius 2 is 2.17 bits per heavy atom. The molecule has 0 unspecified atom stereocenters. The van der Waals surface area contributed by atoms with E-state index in [0.29, 0.717) is 11.4 Å². The molecule has 2 aromatic rings. The third-order valence-corrected chi connectivity index (χ3v) is 2.09. The van der Waals surface area contributed by atoms with Crippen molar-refractivity contribution in [1.82, 2.24) is 20.2 Å². The summed E-state index contributed by atoms with van der Waals surface area (Å²) in [7, 11) is 2.94. The molecular weight excluding hydrogens is 238 g/mol. The average Bonchev–Trinajstić information content (AvgIpc) is 2.86. The summed E-state index contributed by atoms with van der Waals surface area (Å²) in [5.74, 6) is 0.282. The molecule has 0 aliphatic heterocycles. The van der Waals surface area contributed by atoms with Crippen LogP contribution in [0.5, 0.6) is 11.9 Å². The van der Waals surface area contributed by atoms with Crippen LogP contribution < -0.4 is 14.8 Å². The van der Waals surface area contributed by atoms with Crippen LogP contribution >= 0.6 is 0 Å². The molecule has 18 heavy (non-hydrogen) atoms. The number of amides is 1. The van der Waals surface area contributed by atoms with Gasteiger partial charge in [-0.1, -0.05) is 0 Å². The van der Waals surface area contributed by atoms with E-state index >= 15 is 0 Å². The number of carbonyl (C=O) groups excluding carboxylic acids is 1. The predicted octanol–water partition coefficient (Wildman–Crippen LogP) is 0.469. The van der Waals surface area contributed by atoms with Gasteiger partial charge in [-0.05, 0) is 6.07 Å². The highest BCUT2D eigenvalue weighted by Crippen LogP contribution is 2.09. The largest absolute Gasteiger partial charge is 0.481 e. The minimum absolute atomic E-state index is 0.151. The van der Waals surface area contributed by atoms with E-state index in [1.165, 1.54) is 20.4 Å². The molecular formula is C10H11N5O3. The van der Waals surface area contributed by atoms with E-state index in [2.05, 4.69) is 25.5 Å². The van der Waals surface area contributed by atoms with Crippen LogP contribution in [0.3, 0.4) is 0 Å². The Morgan fingerprint density at radius 3 is 2.72 bits per heavy atom. The van der Waals surface area contributed by atoms with Crippen molar-refractivity contribution in [2.24, 2.45) is 0 Å². The first kappa shape index (κ1) is 11.8. The van der Waals surface area contributed by atoms with Crippen molar-refractivity contribution in [3.8, 4) is 11.9 Å². The minimum Gasteiger partial charge on any atom is -0.481 e. The molecule has 0 atom stereocenters. The normalized spacial score (nSPS) is 9.89. The van der Waals surface area contributed by atoms with E-state index < -0.39 is 0 Å². The summed E-state index contributed by atoms with van der Waals surface area (Å²) >= 11 is 0. The van der Waals surface area contributed by atoms with Gasteiger partial charge in [0, 0.05) is 12.3 Å². The van der Waals surface area contributed by atoms with Crippen molar-refractivity contribution in [3.05, 3.63) is 23.9 Å². The van der Waals surface area contributed by atoms with Gasteiger partial charge in [0.05, 0.1) is 19.8 Å². The number of ether oxygens (including phenoxy) is 2. The monoisotopic (exact) mass is 249 g/mol. The van der Waals surface area contributed by atoms with E-state index in [1.807, 2.05) is 0 Å². The summed E-state index contributed by atoms with van der Waals surface area (Å²) in [4.78, 5) is 19.6. The standard InChI is InChI=1S/C10H11N5O3/c1-17-7-4-3-6(5-11-7)8(16)12-9-13-10(18-2)15-14-9/h3-5H,1-2H3,(H2,12,13,14,15,16). The van der Waals surface area contributed by atoms with E-state index in [-0.39, 0.29) is 17.9 Å². The molecule has 8 nitrogen and oxygen atoms in total. The molecule has 0 aliphatic rings. The van der Waals surface area contributed by atoms with Crippen LogP contribution in [0.4, 0.5) is 5.95 Å². The second-order valence-corrected chi connectivity index (χ2v) is 3.21. The minimum atomic E-state index is -0.357.